The van der Waals surface area contributed by atoms with E-state index in [4.69, 9.17) is 5.73 Å². The van der Waals surface area contributed by atoms with Crippen molar-refractivity contribution in [1.82, 2.24) is 0 Å². The van der Waals surface area contributed by atoms with Gasteiger partial charge in [-0.1, -0.05) is 39.0 Å². The highest BCUT2D eigenvalue weighted by molar-refractivity contribution is 6.32. The van der Waals surface area contributed by atoms with E-state index in [9.17, 15) is 34.2 Å². The predicted molar refractivity (Wildman–Crippen MR) is 151 cm³/mol. The molecule has 3 aliphatic carbocycles. The first kappa shape index (κ1) is 28.7. The number of phenolic OH excluding ortho intramolecular Hbond substituents is 1. The van der Waals surface area contributed by atoms with Crippen LogP contribution in [0.25, 0.3) is 11.1 Å². The molecule has 9 heteroatoms. The van der Waals surface area contributed by atoms with E-state index in [2.05, 4.69) is 19.2 Å². The molecule has 7 atom stereocenters. The molecule has 1 amide bonds. The van der Waals surface area contributed by atoms with Crippen LogP contribution in [0.1, 0.15) is 56.5 Å². The van der Waals surface area contributed by atoms with Gasteiger partial charge in [-0.15, -0.1) is 0 Å². The number of carbonyl (C=O) groups excluding carboxylic acids is 5. The van der Waals surface area contributed by atoms with Crippen LogP contribution in [0.15, 0.2) is 36.4 Å². The molecule has 216 valence electrons. The summed E-state index contributed by atoms with van der Waals surface area (Å²) in [5.41, 5.74) is 5.78. The number of rotatable bonds is 6. The summed E-state index contributed by atoms with van der Waals surface area (Å²) in [5.74, 6) is -11.5. The third-order valence-corrected chi connectivity index (χ3v) is 9.42. The number of Topliss-reactive ketones (excluding diaryl/α,β-unsaturated/α-hetero) is 4. The summed E-state index contributed by atoms with van der Waals surface area (Å²) in [6.45, 7) is 7.63. The first-order valence-electron chi connectivity index (χ1n) is 14.2. The molecule has 2 aromatic rings. The van der Waals surface area contributed by atoms with Crippen LogP contribution in [0.3, 0.4) is 0 Å². The number of hydrogen-bond donors (Lipinski definition) is 4. The van der Waals surface area contributed by atoms with Crippen molar-refractivity contribution in [2.75, 3.05) is 5.32 Å². The maximum absolute atomic E-state index is 14.0. The largest absolute Gasteiger partial charge is 0.507 e. The van der Waals surface area contributed by atoms with Gasteiger partial charge in [0.1, 0.15) is 5.75 Å². The van der Waals surface area contributed by atoms with Crippen molar-refractivity contribution in [3.8, 4) is 16.9 Å². The van der Waals surface area contributed by atoms with E-state index in [0.717, 1.165) is 23.2 Å². The molecule has 5 rings (SSSR count). The Bertz CT molecular complexity index is 1460. The van der Waals surface area contributed by atoms with Crippen LogP contribution in [-0.4, -0.2) is 50.9 Å². The van der Waals surface area contributed by atoms with Gasteiger partial charge in [-0.05, 0) is 72.9 Å². The van der Waals surface area contributed by atoms with Gasteiger partial charge in [-0.25, -0.2) is 0 Å². The zero-order chi connectivity index (χ0) is 30.0. The Morgan fingerprint density at radius 1 is 1.05 bits per heavy atom. The summed E-state index contributed by atoms with van der Waals surface area (Å²) in [7, 11) is 0. The minimum Gasteiger partial charge on any atom is -0.507 e. The molecule has 0 spiro atoms. The number of nitrogens with two attached hydrogens (primary N) is 1. The van der Waals surface area contributed by atoms with Gasteiger partial charge >= 0.3 is 0 Å². The van der Waals surface area contributed by atoms with Gasteiger partial charge in [0.25, 0.3) is 0 Å². The van der Waals surface area contributed by atoms with Crippen molar-refractivity contribution in [2.24, 2.45) is 41.2 Å². The van der Waals surface area contributed by atoms with Crippen LogP contribution in [0.5, 0.6) is 5.75 Å². The lowest BCUT2D eigenvalue weighted by Gasteiger charge is -2.52. The van der Waals surface area contributed by atoms with Crippen molar-refractivity contribution in [3.05, 3.63) is 47.5 Å². The van der Waals surface area contributed by atoms with Gasteiger partial charge in [0.05, 0.1) is 11.5 Å². The number of phenols is 1. The van der Waals surface area contributed by atoms with E-state index in [1.807, 2.05) is 24.3 Å². The minimum atomic E-state index is -2.69. The minimum absolute atomic E-state index is 0.00727. The molecule has 2 aromatic carbocycles. The summed E-state index contributed by atoms with van der Waals surface area (Å²) in [6, 6.07) is 11.2. The highest BCUT2D eigenvalue weighted by Crippen LogP contribution is 2.53. The molecule has 0 bridgehead atoms. The number of ketones is 4. The van der Waals surface area contributed by atoms with Crippen LogP contribution in [0, 0.1) is 35.5 Å². The number of fused-ring (bicyclic) bond motifs is 3. The van der Waals surface area contributed by atoms with E-state index in [0.29, 0.717) is 11.6 Å². The molecule has 0 heterocycles. The fourth-order valence-electron chi connectivity index (χ4n) is 7.26. The van der Waals surface area contributed by atoms with Crippen LogP contribution < -0.4 is 11.1 Å². The summed E-state index contributed by atoms with van der Waals surface area (Å²) >= 11 is 0. The third kappa shape index (κ3) is 4.29. The summed E-state index contributed by atoms with van der Waals surface area (Å²) < 4.78 is 0. The van der Waals surface area contributed by atoms with Gasteiger partial charge in [0.2, 0.25) is 5.91 Å². The van der Waals surface area contributed by atoms with Crippen molar-refractivity contribution in [1.29, 1.82) is 0 Å². The second-order valence-corrected chi connectivity index (χ2v) is 12.2. The lowest BCUT2D eigenvalue weighted by atomic mass is 9.49. The average molecular weight is 561 g/mol. The molecule has 41 heavy (non-hydrogen) atoms. The maximum atomic E-state index is 14.0. The zero-order valence-electron chi connectivity index (χ0n) is 23.6. The quantitative estimate of drug-likeness (QED) is 0.392. The van der Waals surface area contributed by atoms with Crippen LogP contribution in [0.4, 0.5) is 5.69 Å². The van der Waals surface area contributed by atoms with E-state index in [-0.39, 0.29) is 24.2 Å². The Morgan fingerprint density at radius 2 is 1.71 bits per heavy atom. The molecule has 0 saturated heterocycles. The van der Waals surface area contributed by atoms with Gasteiger partial charge in [-0.2, -0.15) is 0 Å². The average Bonchev–Trinajstić information content (AvgIpc) is 2.91. The first-order valence-corrected chi connectivity index (χ1v) is 14.2. The number of aliphatic hydroxyl groups is 1. The number of nitrogens with one attached hydrogen (secondary N) is 1. The number of anilines is 1. The third-order valence-electron chi connectivity index (χ3n) is 9.42. The summed E-state index contributed by atoms with van der Waals surface area (Å²) in [4.78, 5) is 66.7. The molecule has 0 aromatic heterocycles. The molecule has 0 radical (unpaired) electrons. The molecule has 9 nitrogen and oxygen atoms in total. The van der Waals surface area contributed by atoms with Crippen molar-refractivity contribution in [3.63, 3.8) is 0 Å². The molecule has 3 aliphatic rings. The van der Waals surface area contributed by atoms with Crippen LogP contribution >= 0.6 is 0 Å². The summed E-state index contributed by atoms with van der Waals surface area (Å²) in [5, 5.41) is 25.9. The number of amides is 1. The molecule has 5 N–H and O–H groups in total. The van der Waals surface area contributed by atoms with Crippen LogP contribution in [0.2, 0.25) is 0 Å². The Hall–Kier alpha value is -3.85. The smallest absolute Gasteiger partial charge is 0.235 e. The standard InChI is InChI=1S/C32H36N2O7/c1-5-15(4)34-18-8-6-16(7-9-18)19-10-11-22(35)25-20(19)12-17-13-21-23(14(2)3)27(36)26(31(33)40)30(39)32(21,41)29(38)24(17)28(25)37/h6-11,14-15,17,21,23-24,26,34-35,41H,5,12-13H2,1-4H3,(H2,33,40)/t15?,17-,21-,23-,24?,26?,32-/m0/s1. The first-order chi connectivity index (χ1) is 19.3. The van der Waals surface area contributed by atoms with E-state index >= 15 is 0 Å². The monoisotopic (exact) mass is 560 g/mol. The Balaban J connectivity index is 1.58. The van der Waals surface area contributed by atoms with E-state index in [1.165, 1.54) is 6.07 Å². The van der Waals surface area contributed by atoms with Crippen molar-refractivity contribution < 1.29 is 34.2 Å². The number of carbonyl (C=O) groups is 5. The number of primary amides is 1. The highest BCUT2D eigenvalue weighted by atomic mass is 16.3. The molecule has 2 saturated carbocycles. The molecule has 0 aliphatic heterocycles. The van der Waals surface area contributed by atoms with E-state index < -0.39 is 70.1 Å². The van der Waals surface area contributed by atoms with Gasteiger partial charge in [0.15, 0.2) is 34.7 Å². The lowest BCUT2D eigenvalue weighted by molar-refractivity contribution is -0.182. The zero-order valence-corrected chi connectivity index (χ0v) is 23.6. The lowest BCUT2D eigenvalue weighted by Crippen LogP contribution is -2.71. The molecule has 3 unspecified atom stereocenters. The van der Waals surface area contributed by atoms with Crippen molar-refractivity contribution in [2.45, 2.75) is 58.6 Å². The highest BCUT2D eigenvalue weighted by Gasteiger charge is 2.69. The summed E-state index contributed by atoms with van der Waals surface area (Å²) in [6.07, 6.45) is 1.24. The molecule has 2 fully saturated rings. The van der Waals surface area contributed by atoms with Gasteiger partial charge in [-0.3, -0.25) is 24.0 Å². The normalized spacial score (nSPS) is 30.0. The van der Waals surface area contributed by atoms with Gasteiger partial charge < -0.3 is 21.3 Å². The van der Waals surface area contributed by atoms with Gasteiger partial charge in [0, 0.05) is 23.6 Å². The molecular weight excluding hydrogens is 524 g/mol. The number of benzene rings is 2. The Labute approximate surface area is 238 Å². The Morgan fingerprint density at radius 3 is 2.29 bits per heavy atom. The molecular formula is C32H36N2O7. The topological polar surface area (TPSA) is 164 Å². The van der Waals surface area contributed by atoms with Crippen molar-refractivity contribution >= 4 is 34.7 Å². The Kier molecular flexibility index (Phi) is 7.14. The fourth-order valence-corrected chi connectivity index (χ4v) is 7.26. The predicted octanol–water partition coefficient (Wildman–Crippen LogP) is 3.09. The second kappa shape index (κ2) is 10.2. The fraction of sp³-hybridized carbons (Fsp3) is 0.469. The SMILES string of the molecule is CCC(C)Nc1ccc(-c2ccc(O)c3c2C[C@H]2C[C@H]4[C@H](C(C)C)C(=O)C(C(N)=O)C(=O)[C@@]4(O)C(=O)C2C3=O)cc1. The number of hydrogen-bond acceptors (Lipinski definition) is 8. The second-order valence-electron chi connectivity index (χ2n) is 12.2. The number of aromatic hydroxyl groups is 1. The maximum Gasteiger partial charge on any atom is 0.235 e. The van der Waals surface area contributed by atoms with Crippen LogP contribution in [-0.2, 0) is 25.6 Å². The van der Waals surface area contributed by atoms with E-state index in [1.54, 1.807) is 19.9 Å².